The van der Waals surface area contributed by atoms with Crippen molar-refractivity contribution in [1.29, 1.82) is 0 Å². The summed E-state index contributed by atoms with van der Waals surface area (Å²) in [6.45, 7) is 16.3. The van der Waals surface area contributed by atoms with Gasteiger partial charge in [0.2, 0.25) is 53.2 Å². The van der Waals surface area contributed by atoms with Crippen LogP contribution in [0.15, 0.2) is 42.5 Å². The van der Waals surface area contributed by atoms with E-state index in [-0.39, 0.29) is 137 Å². The number of likely N-dealkylation sites (tertiary alicyclic amines) is 2. The Morgan fingerprint density at radius 1 is 0.771 bits per heavy atom. The van der Waals surface area contributed by atoms with Gasteiger partial charge >= 0.3 is 18.1 Å². The van der Waals surface area contributed by atoms with E-state index in [0.29, 0.717) is 42.7 Å². The number of imide groups is 1. The van der Waals surface area contributed by atoms with Crippen molar-refractivity contribution in [3.63, 3.8) is 0 Å². The molecule has 31 heteroatoms. The summed E-state index contributed by atoms with van der Waals surface area (Å²) in [4.78, 5) is 167. The van der Waals surface area contributed by atoms with Crippen molar-refractivity contribution in [1.82, 2.24) is 51.5 Å². The summed E-state index contributed by atoms with van der Waals surface area (Å²) >= 11 is 1.34. The lowest BCUT2D eigenvalue weighted by atomic mass is 9.89. The molecule has 0 radical (unpaired) electrons. The number of hydrogen-bond donors (Lipinski definition) is 9. The van der Waals surface area contributed by atoms with Crippen molar-refractivity contribution in [2.45, 2.75) is 219 Å². The Bertz CT molecular complexity index is 3280. The number of carbonyl (C=O) groups is 12. The number of likely N-dealkylation sites (N-methyl/N-ethyl adjacent to an activating group) is 2. The Balaban J connectivity index is 1.23. The predicted molar refractivity (Wildman–Crippen MR) is 391 cm³/mol. The van der Waals surface area contributed by atoms with E-state index in [9.17, 15) is 66.6 Å². The third kappa shape index (κ3) is 26.2. The molecule has 1 aliphatic carbocycles. The molecule has 586 valence electrons. The van der Waals surface area contributed by atoms with E-state index in [2.05, 4.69) is 37.2 Å². The maximum atomic E-state index is 15.1. The first kappa shape index (κ1) is 87.6. The van der Waals surface area contributed by atoms with Gasteiger partial charge in [-0.25, -0.2) is 18.4 Å². The zero-order valence-electron chi connectivity index (χ0n) is 63.4. The summed E-state index contributed by atoms with van der Waals surface area (Å²) in [5.74, 6) is -7.81. The third-order valence-electron chi connectivity index (χ3n) is 20.1. The van der Waals surface area contributed by atoms with E-state index in [1.54, 1.807) is 76.0 Å². The summed E-state index contributed by atoms with van der Waals surface area (Å²) in [5.41, 5.74) is 5.56. The van der Waals surface area contributed by atoms with Gasteiger partial charge in [-0.05, 0) is 124 Å². The van der Waals surface area contributed by atoms with Gasteiger partial charge in [0.25, 0.3) is 0 Å². The van der Waals surface area contributed by atoms with Crippen LogP contribution in [-0.2, 0) is 75.2 Å². The van der Waals surface area contributed by atoms with Crippen molar-refractivity contribution in [2.75, 3.05) is 72.6 Å². The number of unbranched alkanes of at least 4 members (excludes halogenated alkanes) is 2. The van der Waals surface area contributed by atoms with E-state index in [1.165, 1.54) is 41.8 Å². The monoisotopic (exact) mass is 1500 g/mol. The third-order valence-corrected chi connectivity index (χ3v) is 21.6. The first-order valence-corrected chi connectivity index (χ1v) is 37.5. The van der Waals surface area contributed by atoms with Crippen LogP contribution in [0.5, 0.6) is 0 Å². The summed E-state index contributed by atoms with van der Waals surface area (Å²) in [5, 5.41) is 28.1. The van der Waals surface area contributed by atoms with Crippen molar-refractivity contribution in [3.05, 3.63) is 65.2 Å². The number of carboxylic acids is 1. The quantitative estimate of drug-likeness (QED) is 0.0277. The number of urea groups is 1. The maximum Gasteiger partial charge on any atom is 0.407 e. The fourth-order valence-electron chi connectivity index (χ4n) is 13.8. The van der Waals surface area contributed by atoms with Crippen LogP contribution in [-0.4, -0.2) is 223 Å². The van der Waals surface area contributed by atoms with Crippen LogP contribution in [0.2, 0.25) is 0 Å². The number of nitrogens with one attached hydrogen (secondary N) is 7. The number of primary amides is 1. The summed E-state index contributed by atoms with van der Waals surface area (Å²) in [6, 6.07) is 3.06. The smallest absolute Gasteiger partial charge is 0.407 e. The lowest BCUT2D eigenvalue weighted by Gasteiger charge is -2.41. The number of aliphatic carboxylic acids is 1. The molecule has 2 aliphatic heterocycles. The first-order valence-electron chi connectivity index (χ1n) is 36.5. The van der Waals surface area contributed by atoms with Crippen LogP contribution < -0.4 is 43.0 Å². The number of carbonyl (C=O) groups excluding carboxylic acids is 11. The largest absolute Gasteiger partial charge is 0.481 e. The van der Waals surface area contributed by atoms with Crippen molar-refractivity contribution < 1.29 is 85.6 Å². The predicted octanol–water partition coefficient (Wildman–Crippen LogP) is 5.86. The fourth-order valence-corrected chi connectivity index (χ4v) is 15.3. The Morgan fingerprint density at radius 3 is 2.00 bits per heavy atom. The van der Waals surface area contributed by atoms with Gasteiger partial charge in [0, 0.05) is 77.3 Å². The van der Waals surface area contributed by atoms with E-state index in [4.69, 9.17) is 19.9 Å². The number of rotatable bonds is 44. The molecule has 3 fully saturated rings. The van der Waals surface area contributed by atoms with E-state index < -0.39 is 131 Å². The minimum absolute atomic E-state index is 0.0360. The molecule has 0 spiro atoms. The number of carboxylic acid groups (broad SMARTS) is 1. The summed E-state index contributed by atoms with van der Waals surface area (Å²) < 4.78 is 47.0. The molecule has 28 nitrogen and oxygen atoms in total. The van der Waals surface area contributed by atoms with Gasteiger partial charge in [-0.1, -0.05) is 93.4 Å². The molecule has 2 saturated heterocycles. The number of methoxy groups -OCH3 is 2. The normalized spacial score (nSPS) is 18.8. The minimum atomic E-state index is -1.16. The topological polar surface area (TPSA) is 376 Å². The highest BCUT2D eigenvalue weighted by Crippen LogP contribution is 2.52. The van der Waals surface area contributed by atoms with Gasteiger partial charge in [0.1, 0.15) is 36.4 Å². The molecule has 10 N–H and O–H groups in total. The molecule has 105 heavy (non-hydrogen) atoms. The molecular formula is C74H114F2N12O16S. The van der Waals surface area contributed by atoms with Gasteiger partial charge < -0.3 is 72.1 Å². The number of nitrogens with two attached hydrogens (primary N) is 1. The maximum absolute atomic E-state index is 15.1. The Kier molecular flexibility index (Phi) is 34.8. The number of nitrogens with zero attached hydrogens (tertiary/aromatic N) is 4. The molecule has 5 rings (SSSR count). The van der Waals surface area contributed by atoms with E-state index >= 15 is 4.79 Å². The average molecular weight is 1500 g/mol. The Hall–Kier alpha value is -8.03. The van der Waals surface area contributed by atoms with Crippen LogP contribution in [0.25, 0.3) is 0 Å². The molecule has 2 aromatic rings. The molecule has 12 amide bonds. The van der Waals surface area contributed by atoms with Crippen molar-refractivity contribution in [3.8, 4) is 0 Å². The van der Waals surface area contributed by atoms with Gasteiger partial charge in [0.05, 0.1) is 60.4 Å². The fraction of sp³-hybridized carbons (Fsp3) is 0.676. The van der Waals surface area contributed by atoms with Crippen LogP contribution in [0.1, 0.15) is 157 Å². The second kappa shape index (κ2) is 41.8. The molecule has 1 saturated carbocycles. The van der Waals surface area contributed by atoms with Crippen molar-refractivity contribution >= 4 is 88.7 Å². The zero-order chi connectivity index (χ0) is 78.2. The second-order valence-corrected chi connectivity index (χ2v) is 30.6. The highest BCUT2D eigenvalue weighted by molar-refractivity contribution is 8.00. The van der Waals surface area contributed by atoms with Crippen molar-refractivity contribution in [2.24, 2.45) is 40.7 Å². The summed E-state index contributed by atoms with van der Waals surface area (Å²) in [7, 11) is 8.06. The van der Waals surface area contributed by atoms with Gasteiger partial charge in [-0.15, -0.1) is 11.8 Å². The molecule has 0 aromatic heterocycles. The number of ether oxygens (including phenoxy) is 3. The lowest BCUT2D eigenvalue weighted by Crippen LogP contribution is -2.59. The number of halogens is 2. The number of anilines is 1. The first-order chi connectivity index (χ1) is 49.6. The van der Waals surface area contributed by atoms with Gasteiger partial charge in [-0.2, -0.15) is 0 Å². The minimum Gasteiger partial charge on any atom is -0.481 e. The molecular weight excluding hydrogens is 1380 g/mol. The van der Waals surface area contributed by atoms with Crippen LogP contribution >= 0.6 is 11.8 Å². The Labute approximate surface area is 620 Å². The molecule has 2 heterocycles. The standard InChI is InChI=1S/C74H114F2N12O16S/c1-15-45(8)64(86(12)71(99)62(43(4)5)84-69(97)63(44(6)7)85(10)11)55(102-13)36-58(90)88-39-49(35-54(88)65(103-14)46(9)66(94)78-33-29-50-51(75)21-19-22-52(50)76)81-73(101)104-40-47-25-27-48(28-26-47)80-67(95)53(23-20-32-79-72(77)100)82-68(96)61(42(2)3)83-57(89)24-17-16-18-34-87-59(91)37-56(70(87)98)105-41-74(30-31-74)38-60(92)93/h19,21-22,25-28,42-46,49,53-56,61-65H,15-18,20,23-24,29-41H2,1-14H3,(H,78,94)(H,80,95)(H,81,101)(H,82,96)(H,83,89)(H,84,97)(H,92,93)(H3,77,79,100)/t45-,46+,49-,53-,54-,55+,56?,61-,62-,63-,64-,65+/m0/s1. The van der Waals surface area contributed by atoms with Crippen LogP contribution in [0, 0.1) is 46.6 Å². The zero-order valence-corrected chi connectivity index (χ0v) is 64.3. The molecule has 12 atom stereocenters. The number of alkyl carbamates (subject to hydrolysis) is 1. The molecule has 3 aliphatic rings. The number of benzene rings is 2. The average Bonchev–Trinajstić information content (AvgIpc) is 1.58. The van der Waals surface area contributed by atoms with E-state index in [1.807, 2.05) is 41.5 Å². The van der Waals surface area contributed by atoms with Crippen LogP contribution in [0.3, 0.4) is 0 Å². The van der Waals surface area contributed by atoms with Crippen LogP contribution in [0.4, 0.5) is 24.1 Å². The highest BCUT2D eigenvalue weighted by Gasteiger charge is 2.49. The van der Waals surface area contributed by atoms with Gasteiger partial charge in [-0.3, -0.25) is 57.7 Å². The van der Waals surface area contributed by atoms with E-state index in [0.717, 1.165) is 25.0 Å². The van der Waals surface area contributed by atoms with Gasteiger partial charge in [0.15, 0.2) is 0 Å². The Morgan fingerprint density at radius 2 is 1.43 bits per heavy atom. The molecule has 1 unspecified atom stereocenters. The lowest BCUT2D eigenvalue weighted by molar-refractivity contribution is -0.148. The number of amides is 12. The SMILES string of the molecule is CC[C@H](C)[C@@H]([C@@H](CC(=O)N1C[C@@H](NC(=O)OCc2ccc(NC(=O)[C@H](CCCNC(N)=O)NC(=O)[C@@H](NC(=O)CCCCCN3C(=O)CC(SCC4(CC(=O)O)CC4)C3=O)C(C)C)cc2)C[C@H]1[C@H](OC)[C@@H](C)C(=O)NCCc1c(F)cccc1F)OC)N(C)C(=O)[C@@H](NC(=O)[C@H](C(C)C)N(C)C)C(C)C. The molecule has 2 aromatic carbocycles. The number of hydrogen-bond acceptors (Lipinski definition) is 17. The number of thioether (sulfide) groups is 1. The molecule has 0 bridgehead atoms. The summed E-state index contributed by atoms with van der Waals surface area (Å²) in [6.07, 6.45) is 0.791. The highest BCUT2D eigenvalue weighted by atomic mass is 32.2. The second-order valence-electron chi connectivity index (χ2n) is 29.4.